The minimum atomic E-state index is -1.03. The number of fused-ring (bicyclic) bond motifs is 2. The molecule has 0 bridgehead atoms. The maximum absolute atomic E-state index is 12.9. The highest BCUT2D eigenvalue weighted by molar-refractivity contribution is 6.09. The van der Waals surface area contributed by atoms with E-state index in [0.717, 1.165) is 5.56 Å². The largest absolute Gasteiger partial charge is 0.497 e. The van der Waals surface area contributed by atoms with Gasteiger partial charge < -0.3 is 14.2 Å². The second kappa shape index (κ2) is 3.86. The van der Waals surface area contributed by atoms with Crippen LogP contribution < -0.4 is 9.47 Å². The second-order valence-electron chi connectivity index (χ2n) is 5.39. The van der Waals surface area contributed by atoms with Crippen molar-refractivity contribution in [2.45, 2.75) is 18.3 Å². The number of hydrogen-bond acceptors (Lipinski definition) is 4. The van der Waals surface area contributed by atoms with Crippen LogP contribution in [0.5, 0.6) is 11.5 Å². The van der Waals surface area contributed by atoms with Gasteiger partial charge in [0.15, 0.2) is 0 Å². The van der Waals surface area contributed by atoms with E-state index in [-0.39, 0.29) is 5.78 Å². The van der Waals surface area contributed by atoms with Gasteiger partial charge in [0.2, 0.25) is 11.4 Å². The normalized spacial score (nSPS) is 29.1. The average molecular weight is 282 g/mol. The number of rotatable bonds is 2. The number of hydrogen-bond donors (Lipinski definition) is 0. The van der Waals surface area contributed by atoms with Gasteiger partial charge in [-0.05, 0) is 17.7 Å². The first kappa shape index (κ1) is 12.4. The second-order valence-corrected chi connectivity index (χ2v) is 5.39. The Bertz CT molecular complexity index is 740. The summed E-state index contributed by atoms with van der Waals surface area (Å²) in [7, 11) is 1.58. The van der Waals surface area contributed by atoms with E-state index in [1.807, 2.05) is 30.3 Å². The molecule has 106 valence electrons. The molecule has 2 aromatic rings. The smallest absolute Gasteiger partial charge is 0.250 e. The summed E-state index contributed by atoms with van der Waals surface area (Å²) in [5.41, 5.74) is 0.309. The lowest BCUT2D eigenvalue weighted by Crippen LogP contribution is -2.38. The fourth-order valence-corrected chi connectivity index (χ4v) is 3.04. The molecule has 2 atom stereocenters. The lowest BCUT2D eigenvalue weighted by Gasteiger charge is -2.25. The van der Waals surface area contributed by atoms with Crippen molar-refractivity contribution in [3.05, 3.63) is 59.7 Å². The Labute approximate surface area is 122 Å². The Hall–Kier alpha value is -2.33. The van der Waals surface area contributed by atoms with Crippen molar-refractivity contribution in [1.29, 1.82) is 0 Å². The Kier molecular flexibility index (Phi) is 2.28. The molecular formula is C17H14O4. The molecule has 0 radical (unpaired) electrons. The van der Waals surface area contributed by atoms with E-state index in [4.69, 9.17) is 14.2 Å². The summed E-state index contributed by atoms with van der Waals surface area (Å²) >= 11 is 0. The topological polar surface area (TPSA) is 48.1 Å². The molecule has 0 N–H and O–H groups in total. The zero-order chi connectivity index (χ0) is 14.7. The van der Waals surface area contributed by atoms with Crippen LogP contribution in [0, 0.1) is 0 Å². The quantitative estimate of drug-likeness (QED) is 0.795. The van der Waals surface area contributed by atoms with Crippen LogP contribution in [0.15, 0.2) is 48.5 Å². The summed E-state index contributed by atoms with van der Waals surface area (Å²) in [5.74, 6) is 0.133. The maximum Gasteiger partial charge on any atom is 0.250 e. The van der Waals surface area contributed by atoms with Gasteiger partial charge in [0.1, 0.15) is 11.5 Å². The Morgan fingerprint density at radius 2 is 1.86 bits per heavy atom. The minimum absolute atomic E-state index is 0.0693. The van der Waals surface area contributed by atoms with Crippen molar-refractivity contribution in [3.8, 4) is 11.5 Å². The zero-order valence-corrected chi connectivity index (χ0v) is 11.8. The van der Waals surface area contributed by atoms with Crippen molar-refractivity contribution in [2.75, 3.05) is 7.11 Å². The van der Waals surface area contributed by atoms with Crippen LogP contribution in [-0.2, 0) is 10.3 Å². The van der Waals surface area contributed by atoms with E-state index in [0.29, 0.717) is 17.1 Å². The van der Waals surface area contributed by atoms with Crippen LogP contribution in [0.1, 0.15) is 22.8 Å². The Balaban J connectivity index is 1.86. The third kappa shape index (κ3) is 1.45. The van der Waals surface area contributed by atoms with E-state index in [1.165, 1.54) is 0 Å². The Morgan fingerprint density at radius 3 is 2.57 bits per heavy atom. The average Bonchev–Trinajstić information content (AvgIpc) is 3.15. The van der Waals surface area contributed by atoms with Crippen LogP contribution in [-0.4, -0.2) is 18.7 Å². The Morgan fingerprint density at radius 1 is 1.10 bits per heavy atom. The van der Waals surface area contributed by atoms with E-state index in [9.17, 15) is 4.79 Å². The molecule has 2 aliphatic rings. The molecule has 2 aliphatic heterocycles. The molecule has 4 heteroatoms. The highest BCUT2D eigenvalue weighted by Crippen LogP contribution is 2.61. The highest BCUT2D eigenvalue weighted by atomic mass is 16.8. The molecule has 0 aromatic heterocycles. The predicted molar refractivity (Wildman–Crippen MR) is 75.6 cm³/mol. The molecule has 0 aliphatic carbocycles. The number of carbonyl (C=O) groups is 1. The number of Topliss-reactive ketones (excluding diaryl/α,β-unsaturated/α-hetero) is 1. The summed E-state index contributed by atoms with van der Waals surface area (Å²) in [5, 5.41) is 0. The van der Waals surface area contributed by atoms with Gasteiger partial charge in [-0.25, -0.2) is 0 Å². The van der Waals surface area contributed by atoms with Crippen LogP contribution >= 0.6 is 0 Å². The van der Waals surface area contributed by atoms with Crippen LogP contribution in [0.3, 0.4) is 0 Å². The third-order valence-electron chi connectivity index (χ3n) is 4.18. The van der Waals surface area contributed by atoms with Crippen LogP contribution in [0.25, 0.3) is 0 Å². The fourth-order valence-electron chi connectivity index (χ4n) is 3.04. The molecule has 0 spiro atoms. The molecule has 21 heavy (non-hydrogen) atoms. The van der Waals surface area contributed by atoms with Gasteiger partial charge in [-0.1, -0.05) is 30.3 Å². The molecule has 1 fully saturated rings. The van der Waals surface area contributed by atoms with Gasteiger partial charge in [0.05, 0.1) is 12.7 Å². The van der Waals surface area contributed by atoms with Crippen molar-refractivity contribution < 1.29 is 19.0 Å². The molecule has 4 rings (SSSR count). The maximum atomic E-state index is 12.9. The predicted octanol–water partition coefficient (Wildman–Crippen LogP) is 2.91. The molecule has 2 heterocycles. The molecule has 0 amide bonds. The van der Waals surface area contributed by atoms with E-state index in [1.54, 1.807) is 32.2 Å². The van der Waals surface area contributed by atoms with Gasteiger partial charge in [0, 0.05) is 13.0 Å². The summed E-state index contributed by atoms with van der Waals surface area (Å²) in [6, 6.07) is 14.7. The number of ether oxygens (including phenoxy) is 3. The monoisotopic (exact) mass is 282 g/mol. The van der Waals surface area contributed by atoms with Crippen LogP contribution in [0.4, 0.5) is 0 Å². The number of benzene rings is 2. The standard InChI is InChI=1S/C17H14O4/c1-16-17(21-16,11-6-4-3-5-7-11)15(18)13-9-8-12(19-2)10-14(13)20-16/h3-10H,1-2H3. The molecule has 4 nitrogen and oxygen atoms in total. The lowest BCUT2D eigenvalue weighted by molar-refractivity contribution is 0.0737. The van der Waals surface area contributed by atoms with Gasteiger partial charge in [-0.2, -0.15) is 0 Å². The first-order valence-corrected chi connectivity index (χ1v) is 6.78. The van der Waals surface area contributed by atoms with Gasteiger partial charge in [0.25, 0.3) is 5.79 Å². The number of ketones is 1. The van der Waals surface area contributed by atoms with E-state index >= 15 is 0 Å². The number of carbonyl (C=O) groups excluding carboxylic acids is 1. The molecule has 1 saturated heterocycles. The lowest BCUT2D eigenvalue weighted by atomic mass is 9.84. The van der Waals surface area contributed by atoms with E-state index in [2.05, 4.69) is 0 Å². The summed E-state index contributed by atoms with van der Waals surface area (Å²) in [6.45, 7) is 1.79. The first-order chi connectivity index (χ1) is 10.1. The number of methoxy groups -OCH3 is 1. The molecule has 0 saturated carbocycles. The van der Waals surface area contributed by atoms with Gasteiger partial charge in [-0.3, -0.25) is 4.79 Å². The zero-order valence-electron chi connectivity index (χ0n) is 11.8. The fraction of sp³-hybridized carbons (Fsp3) is 0.235. The molecule has 2 aromatic carbocycles. The summed E-state index contributed by atoms with van der Waals surface area (Å²) in [6.07, 6.45) is 0. The molecule has 2 unspecified atom stereocenters. The van der Waals surface area contributed by atoms with Crippen molar-refractivity contribution in [3.63, 3.8) is 0 Å². The number of epoxide rings is 1. The van der Waals surface area contributed by atoms with Crippen molar-refractivity contribution >= 4 is 5.78 Å². The first-order valence-electron chi connectivity index (χ1n) is 6.78. The van der Waals surface area contributed by atoms with Gasteiger partial charge in [-0.15, -0.1) is 0 Å². The highest BCUT2D eigenvalue weighted by Gasteiger charge is 2.78. The van der Waals surface area contributed by atoms with Crippen LogP contribution in [0.2, 0.25) is 0 Å². The third-order valence-corrected chi connectivity index (χ3v) is 4.18. The van der Waals surface area contributed by atoms with Gasteiger partial charge >= 0.3 is 0 Å². The van der Waals surface area contributed by atoms with E-state index < -0.39 is 11.4 Å². The molecular weight excluding hydrogens is 268 g/mol. The van der Waals surface area contributed by atoms with Crippen molar-refractivity contribution in [1.82, 2.24) is 0 Å². The minimum Gasteiger partial charge on any atom is -0.497 e. The van der Waals surface area contributed by atoms with Crippen molar-refractivity contribution in [2.24, 2.45) is 0 Å². The SMILES string of the molecule is COc1ccc2c(c1)OC1(C)OC1(c1ccccc1)C2=O. The summed E-state index contributed by atoms with van der Waals surface area (Å²) in [4.78, 5) is 12.9. The summed E-state index contributed by atoms with van der Waals surface area (Å²) < 4.78 is 16.9.